The molecule has 10 heteroatoms. The third-order valence-electron chi connectivity index (χ3n) is 3.94. The van der Waals surface area contributed by atoms with Crippen molar-refractivity contribution in [3.8, 4) is 0 Å². The summed E-state index contributed by atoms with van der Waals surface area (Å²) in [6, 6.07) is 0. The van der Waals surface area contributed by atoms with E-state index in [9.17, 15) is 30.6 Å². The highest BCUT2D eigenvalue weighted by Gasteiger charge is 2.49. The molecule has 0 spiro atoms. The van der Waals surface area contributed by atoms with Gasteiger partial charge >= 0.3 is 0 Å². The zero-order valence-corrected chi connectivity index (χ0v) is 11.8. The van der Waals surface area contributed by atoms with Crippen LogP contribution >= 0.6 is 0 Å². The van der Waals surface area contributed by atoms with Gasteiger partial charge in [0.1, 0.15) is 42.7 Å². The summed E-state index contributed by atoms with van der Waals surface area (Å²) in [5.41, 5.74) is 0. The summed E-state index contributed by atoms with van der Waals surface area (Å²) >= 11 is 0. The molecule has 0 radical (unpaired) electrons. The molecule has 2 fully saturated rings. The molecule has 0 aromatic rings. The first-order chi connectivity index (χ1) is 10.3. The van der Waals surface area contributed by atoms with E-state index in [1.807, 2.05) is 0 Å². The molecule has 130 valence electrons. The molecular formula is C12H22O10. The van der Waals surface area contributed by atoms with Crippen molar-refractivity contribution in [3.05, 3.63) is 0 Å². The molecule has 10 nitrogen and oxygen atoms in total. The first kappa shape index (κ1) is 17.9. The Labute approximate surface area is 126 Å². The number of hydrogen-bond acceptors (Lipinski definition) is 10. The van der Waals surface area contributed by atoms with E-state index in [0.29, 0.717) is 0 Å². The molecule has 1 unspecified atom stereocenters. The van der Waals surface area contributed by atoms with Gasteiger partial charge in [0.2, 0.25) is 0 Å². The first-order valence-corrected chi connectivity index (χ1v) is 6.93. The van der Waals surface area contributed by atoms with Crippen LogP contribution in [-0.4, -0.2) is 104 Å². The molecule has 2 aliphatic rings. The zero-order valence-electron chi connectivity index (χ0n) is 11.8. The van der Waals surface area contributed by atoms with Crippen LogP contribution in [0.25, 0.3) is 0 Å². The molecule has 2 saturated heterocycles. The van der Waals surface area contributed by atoms with Gasteiger partial charge < -0.3 is 50.0 Å². The number of aliphatic hydroxyl groups excluding tert-OH is 7. The average molecular weight is 326 g/mol. The van der Waals surface area contributed by atoms with Gasteiger partial charge in [0.05, 0.1) is 12.7 Å². The summed E-state index contributed by atoms with van der Waals surface area (Å²) in [5.74, 6) is 0. The van der Waals surface area contributed by atoms with E-state index < -0.39 is 68.0 Å². The van der Waals surface area contributed by atoms with Crippen molar-refractivity contribution < 1.29 is 50.0 Å². The predicted octanol–water partition coefficient (Wildman–Crippen LogP) is -4.37. The maximum Gasteiger partial charge on any atom is 0.187 e. The summed E-state index contributed by atoms with van der Waals surface area (Å²) < 4.78 is 15.5. The summed E-state index contributed by atoms with van der Waals surface area (Å²) in [6.45, 7) is 0.846. The molecule has 22 heavy (non-hydrogen) atoms. The zero-order chi connectivity index (χ0) is 16.6. The van der Waals surface area contributed by atoms with E-state index in [1.54, 1.807) is 0 Å². The van der Waals surface area contributed by atoms with Crippen LogP contribution in [0.3, 0.4) is 0 Å². The maximum absolute atomic E-state index is 9.92. The molecule has 0 saturated carbocycles. The molecular weight excluding hydrogens is 304 g/mol. The SMILES string of the molecule is C[C@@H]1OC(O)[C@H](O)[C@H](O)[C@H]1O[C@H]1O[C@H](CO)[C@@H](O)[C@H](O)[C@@H]1O. The Kier molecular flexibility index (Phi) is 5.72. The van der Waals surface area contributed by atoms with Crippen molar-refractivity contribution in [1.29, 1.82) is 0 Å². The van der Waals surface area contributed by atoms with Crippen molar-refractivity contribution in [2.24, 2.45) is 0 Å². The van der Waals surface area contributed by atoms with Gasteiger partial charge in [-0.3, -0.25) is 0 Å². The number of rotatable bonds is 3. The second kappa shape index (κ2) is 7.01. The Morgan fingerprint density at radius 3 is 2.05 bits per heavy atom. The monoisotopic (exact) mass is 326 g/mol. The molecule has 0 bridgehead atoms. The van der Waals surface area contributed by atoms with Crippen molar-refractivity contribution in [3.63, 3.8) is 0 Å². The number of hydrogen-bond donors (Lipinski definition) is 7. The lowest BCUT2D eigenvalue weighted by Gasteiger charge is -2.44. The predicted molar refractivity (Wildman–Crippen MR) is 67.2 cm³/mol. The fraction of sp³-hybridized carbons (Fsp3) is 1.00. The van der Waals surface area contributed by atoms with Gasteiger partial charge in [-0.15, -0.1) is 0 Å². The minimum Gasteiger partial charge on any atom is -0.394 e. The Hall–Kier alpha value is -0.400. The van der Waals surface area contributed by atoms with Crippen LogP contribution in [0, 0.1) is 0 Å². The Balaban J connectivity index is 2.08. The van der Waals surface area contributed by atoms with Gasteiger partial charge in [-0.25, -0.2) is 0 Å². The van der Waals surface area contributed by atoms with Crippen LogP contribution in [-0.2, 0) is 14.2 Å². The smallest absolute Gasteiger partial charge is 0.187 e. The van der Waals surface area contributed by atoms with E-state index in [-0.39, 0.29) is 0 Å². The van der Waals surface area contributed by atoms with Gasteiger partial charge in [0, 0.05) is 0 Å². The molecule has 0 aromatic heterocycles. The van der Waals surface area contributed by atoms with Crippen LogP contribution < -0.4 is 0 Å². The highest BCUT2D eigenvalue weighted by Crippen LogP contribution is 2.28. The standard InChI is InChI=1S/C12H22O10/c1-3-10(7(16)8(17)11(19)20-3)22-12-9(18)6(15)5(14)4(2-13)21-12/h3-19H,2H2,1H3/t3-,4+,5+,6-,7-,8+,9-,10-,11?,12+/m0/s1. The molecule has 2 heterocycles. The molecule has 2 rings (SSSR count). The third kappa shape index (κ3) is 3.26. The van der Waals surface area contributed by atoms with Gasteiger partial charge in [-0.2, -0.15) is 0 Å². The maximum atomic E-state index is 9.92. The van der Waals surface area contributed by atoms with E-state index in [1.165, 1.54) is 6.92 Å². The quantitative estimate of drug-likeness (QED) is 0.269. The van der Waals surface area contributed by atoms with Gasteiger partial charge in [0.25, 0.3) is 0 Å². The molecule has 0 aromatic carbocycles. The van der Waals surface area contributed by atoms with Crippen LogP contribution in [0.4, 0.5) is 0 Å². The van der Waals surface area contributed by atoms with Crippen molar-refractivity contribution in [1.82, 2.24) is 0 Å². The third-order valence-corrected chi connectivity index (χ3v) is 3.94. The summed E-state index contributed by atoms with van der Waals surface area (Å²) in [4.78, 5) is 0. The lowest BCUT2D eigenvalue weighted by atomic mass is 9.97. The topological polar surface area (TPSA) is 169 Å². The fourth-order valence-electron chi connectivity index (χ4n) is 2.54. The molecule has 7 N–H and O–H groups in total. The van der Waals surface area contributed by atoms with Gasteiger partial charge in [0.15, 0.2) is 12.6 Å². The highest BCUT2D eigenvalue weighted by molar-refractivity contribution is 4.92. The van der Waals surface area contributed by atoms with E-state index in [0.717, 1.165) is 0 Å². The van der Waals surface area contributed by atoms with E-state index >= 15 is 0 Å². The summed E-state index contributed by atoms with van der Waals surface area (Å²) in [5, 5.41) is 67.2. The number of aliphatic hydroxyl groups is 7. The Morgan fingerprint density at radius 2 is 1.45 bits per heavy atom. The van der Waals surface area contributed by atoms with Crippen LogP contribution in [0.1, 0.15) is 6.92 Å². The second-order valence-corrected chi connectivity index (χ2v) is 5.51. The molecule has 2 aliphatic heterocycles. The van der Waals surface area contributed by atoms with E-state index in [2.05, 4.69) is 0 Å². The highest BCUT2D eigenvalue weighted by atomic mass is 16.7. The Bertz CT molecular complexity index is 366. The van der Waals surface area contributed by atoms with Crippen molar-refractivity contribution in [2.45, 2.75) is 68.3 Å². The molecule has 10 atom stereocenters. The summed E-state index contributed by atoms with van der Waals surface area (Å²) in [7, 11) is 0. The molecule has 0 aliphatic carbocycles. The second-order valence-electron chi connectivity index (χ2n) is 5.51. The van der Waals surface area contributed by atoms with Crippen LogP contribution in [0.2, 0.25) is 0 Å². The fourth-order valence-corrected chi connectivity index (χ4v) is 2.54. The number of ether oxygens (including phenoxy) is 3. The average Bonchev–Trinajstić information content (AvgIpc) is 2.49. The largest absolute Gasteiger partial charge is 0.394 e. The van der Waals surface area contributed by atoms with Gasteiger partial charge in [-0.1, -0.05) is 0 Å². The normalized spacial score (nSPS) is 53.5. The first-order valence-electron chi connectivity index (χ1n) is 6.93. The minimum absolute atomic E-state index is 0.620. The minimum atomic E-state index is -1.64. The summed E-state index contributed by atoms with van der Waals surface area (Å²) in [6.07, 6.45) is -14.2. The lowest BCUT2D eigenvalue weighted by molar-refractivity contribution is -0.351. The van der Waals surface area contributed by atoms with Crippen LogP contribution in [0.15, 0.2) is 0 Å². The molecule has 0 amide bonds. The van der Waals surface area contributed by atoms with Crippen molar-refractivity contribution >= 4 is 0 Å². The van der Waals surface area contributed by atoms with Gasteiger partial charge in [-0.05, 0) is 6.92 Å². The Morgan fingerprint density at radius 1 is 0.818 bits per heavy atom. The van der Waals surface area contributed by atoms with E-state index in [4.69, 9.17) is 19.3 Å². The lowest BCUT2D eigenvalue weighted by Crippen LogP contribution is -2.63. The van der Waals surface area contributed by atoms with Crippen LogP contribution in [0.5, 0.6) is 0 Å². The van der Waals surface area contributed by atoms with Crippen molar-refractivity contribution in [2.75, 3.05) is 6.61 Å².